The first-order chi connectivity index (χ1) is 11.0. The van der Waals surface area contributed by atoms with E-state index in [1.54, 1.807) is 0 Å². The zero-order chi connectivity index (χ0) is 16.4. The van der Waals surface area contributed by atoms with Crippen LogP contribution in [-0.2, 0) is 9.53 Å². The number of rotatable bonds is 6. The van der Waals surface area contributed by atoms with Crippen molar-refractivity contribution in [1.82, 2.24) is 14.7 Å². The first-order valence-corrected chi connectivity index (χ1v) is 9.23. The van der Waals surface area contributed by atoms with E-state index >= 15 is 0 Å². The Morgan fingerprint density at radius 1 is 1.13 bits per heavy atom. The van der Waals surface area contributed by atoms with Gasteiger partial charge in [-0.15, -0.1) is 0 Å². The van der Waals surface area contributed by atoms with Crippen LogP contribution < -0.4 is 0 Å². The minimum atomic E-state index is 0.273. The van der Waals surface area contributed by atoms with Gasteiger partial charge in [-0.3, -0.25) is 9.69 Å². The number of carbonyl (C=O) groups is 1. The monoisotopic (exact) mass is 323 g/mol. The molecule has 0 aromatic rings. The lowest BCUT2D eigenvalue weighted by atomic mass is 9.85. The van der Waals surface area contributed by atoms with Crippen LogP contribution in [0.15, 0.2) is 0 Å². The van der Waals surface area contributed by atoms with Crippen LogP contribution in [0.2, 0.25) is 0 Å². The van der Waals surface area contributed by atoms with E-state index in [1.165, 1.54) is 25.7 Å². The molecule has 2 heterocycles. The Kier molecular flexibility index (Phi) is 5.29. The SMILES string of the molecule is CN(C)CC(=O)N1CCC2(CC[C@@H](COCC3CC3)N2C)CC1. The van der Waals surface area contributed by atoms with Crippen molar-refractivity contribution in [3.63, 3.8) is 0 Å². The molecule has 0 bridgehead atoms. The number of carbonyl (C=O) groups excluding carboxylic acids is 1. The molecular weight excluding hydrogens is 290 g/mol. The summed E-state index contributed by atoms with van der Waals surface area (Å²) in [6.45, 7) is 4.20. The van der Waals surface area contributed by atoms with Gasteiger partial charge in [-0.2, -0.15) is 0 Å². The van der Waals surface area contributed by atoms with Gasteiger partial charge < -0.3 is 14.5 Å². The molecular formula is C18H33N3O2. The lowest BCUT2D eigenvalue weighted by Gasteiger charge is -2.45. The van der Waals surface area contributed by atoms with Crippen molar-refractivity contribution in [1.29, 1.82) is 0 Å². The number of ether oxygens (including phenoxy) is 1. The third-order valence-corrected chi connectivity index (χ3v) is 6.10. The van der Waals surface area contributed by atoms with Gasteiger partial charge in [0, 0.05) is 31.3 Å². The summed E-state index contributed by atoms with van der Waals surface area (Å²) in [6, 6.07) is 0.567. The van der Waals surface area contributed by atoms with Gasteiger partial charge in [-0.05, 0) is 65.6 Å². The maximum absolute atomic E-state index is 12.2. The predicted octanol–water partition coefficient (Wildman–Crippen LogP) is 1.43. The Labute approximate surface area is 140 Å². The van der Waals surface area contributed by atoms with Gasteiger partial charge in [-0.25, -0.2) is 0 Å². The normalized spacial score (nSPS) is 28.0. The summed E-state index contributed by atoms with van der Waals surface area (Å²) in [7, 11) is 6.19. The fourth-order valence-electron chi connectivity index (χ4n) is 4.19. The highest BCUT2D eigenvalue weighted by atomic mass is 16.5. The molecule has 0 N–H and O–H groups in total. The molecule has 23 heavy (non-hydrogen) atoms. The van der Waals surface area contributed by atoms with Gasteiger partial charge in [0.15, 0.2) is 0 Å². The average Bonchev–Trinajstić information content (AvgIpc) is 3.29. The Hall–Kier alpha value is -0.650. The van der Waals surface area contributed by atoms with E-state index in [4.69, 9.17) is 4.74 Å². The van der Waals surface area contributed by atoms with E-state index in [0.717, 1.165) is 45.1 Å². The van der Waals surface area contributed by atoms with Gasteiger partial charge in [0.2, 0.25) is 5.91 Å². The van der Waals surface area contributed by atoms with Crippen LogP contribution in [0, 0.1) is 5.92 Å². The van der Waals surface area contributed by atoms with E-state index in [2.05, 4.69) is 16.8 Å². The van der Waals surface area contributed by atoms with Gasteiger partial charge in [0.25, 0.3) is 0 Å². The van der Waals surface area contributed by atoms with Gasteiger partial charge >= 0.3 is 0 Å². The maximum atomic E-state index is 12.2. The molecule has 0 radical (unpaired) electrons. The number of amides is 1. The molecule has 2 saturated heterocycles. The molecule has 1 atom stereocenters. The molecule has 1 spiro atoms. The van der Waals surface area contributed by atoms with Crippen LogP contribution >= 0.6 is 0 Å². The third kappa shape index (κ3) is 4.06. The minimum Gasteiger partial charge on any atom is -0.380 e. The van der Waals surface area contributed by atoms with E-state index in [0.29, 0.717) is 18.1 Å². The van der Waals surface area contributed by atoms with E-state index in [1.807, 2.05) is 19.0 Å². The third-order valence-electron chi connectivity index (χ3n) is 6.10. The summed E-state index contributed by atoms with van der Waals surface area (Å²) in [4.78, 5) is 18.8. The summed E-state index contributed by atoms with van der Waals surface area (Å²) >= 11 is 0. The molecule has 5 heteroatoms. The van der Waals surface area contributed by atoms with E-state index in [-0.39, 0.29) is 5.91 Å². The number of piperidine rings is 1. The highest BCUT2D eigenvalue weighted by molar-refractivity contribution is 5.78. The lowest BCUT2D eigenvalue weighted by molar-refractivity contribution is -0.134. The largest absolute Gasteiger partial charge is 0.380 e. The molecule has 0 unspecified atom stereocenters. The zero-order valence-corrected chi connectivity index (χ0v) is 15.1. The first kappa shape index (κ1) is 17.2. The molecule has 1 amide bonds. The summed E-state index contributed by atoms with van der Waals surface area (Å²) in [5.74, 6) is 1.12. The van der Waals surface area contributed by atoms with Crippen LogP contribution in [0.3, 0.4) is 0 Å². The van der Waals surface area contributed by atoms with Crippen molar-refractivity contribution < 1.29 is 9.53 Å². The van der Waals surface area contributed by atoms with Crippen LogP contribution in [0.4, 0.5) is 0 Å². The lowest BCUT2D eigenvalue weighted by Crippen LogP contribution is -2.54. The van der Waals surface area contributed by atoms with Gasteiger partial charge in [-0.1, -0.05) is 0 Å². The fourth-order valence-corrected chi connectivity index (χ4v) is 4.19. The Morgan fingerprint density at radius 3 is 2.43 bits per heavy atom. The van der Waals surface area contributed by atoms with E-state index in [9.17, 15) is 4.79 Å². The Morgan fingerprint density at radius 2 is 1.83 bits per heavy atom. The summed E-state index contributed by atoms with van der Waals surface area (Å²) < 4.78 is 5.94. The van der Waals surface area contributed by atoms with Crippen molar-refractivity contribution in [3.8, 4) is 0 Å². The molecule has 5 nitrogen and oxygen atoms in total. The first-order valence-electron chi connectivity index (χ1n) is 9.23. The van der Waals surface area contributed by atoms with E-state index < -0.39 is 0 Å². The highest BCUT2D eigenvalue weighted by Crippen LogP contribution is 2.40. The molecule has 1 aliphatic carbocycles. The number of hydrogen-bond acceptors (Lipinski definition) is 4. The number of hydrogen-bond donors (Lipinski definition) is 0. The molecule has 0 aromatic heterocycles. The quantitative estimate of drug-likeness (QED) is 0.741. The smallest absolute Gasteiger partial charge is 0.236 e. The molecule has 2 aliphatic heterocycles. The highest BCUT2D eigenvalue weighted by Gasteiger charge is 2.46. The molecule has 3 aliphatic rings. The van der Waals surface area contributed by atoms with Crippen LogP contribution in [0.1, 0.15) is 38.5 Å². The molecule has 3 fully saturated rings. The maximum Gasteiger partial charge on any atom is 0.236 e. The van der Waals surface area contributed by atoms with Gasteiger partial charge in [0.1, 0.15) is 0 Å². The molecule has 132 valence electrons. The summed E-state index contributed by atoms with van der Waals surface area (Å²) in [6.07, 6.45) is 7.45. The Bertz CT molecular complexity index is 414. The van der Waals surface area contributed by atoms with Crippen LogP contribution in [0.5, 0.6) is 0 Å². The second kappa shape index (κ2) is 7.08. The van der Waals surface area contributed by atoms with Crippen molar-refractivity contribution in [2.45, 2.75) is 50.1 Å². The second-order valence-corrected chi connectivity index (χ2v) is 8.13. The molecule has 0 aromatic carbocycles. The van der Waals surface area contributed by atoms with Crippen molar-refractivity contribution >= 4 is 5.91 Å². The van der Waals surface area contributed by atoms with Gasteiger partial charge in [0.05, 0.1) is 13.2 Å². The summed E-state index contributed by atoms with van der Waals surface area (Å²) in [5.41, 5.74) is 0.308. The molecule has 3 rings (SSSR count). The Balaban J connectivity index is 1.46. The van der Waals surface area contributed by atoms with Crippen molar-refractivity contribution in [3.05, 3.63) is 0 Å². The number of likely N-dealkylation sites (N-methyl/N-ethyl adjacent to an activating group) is 2. The van der Waals surface area contributed by atoms with Crippen LogP contribution in [0.25, 0.3) is 0 Å². The number of nitrogens with zero attached hydrogens (tertiary/aromatic N) is 3. The zero-order valence-electron chi connectivity index (χ0n) is 15.1. The average molecular weight is 323 g/mol. The predicted molar refractivity (Wildman–Crippen MR) is 91.4 cm³/mol. The van der Waals surface area contributed by atoms with Crippen molar-refractivity contribution in [2.75, 3.05) is 54.0 Å². The molecule has 1 saturated carbocycles. The van der Waals surface area contributed by atoms with Crippen LogP contribution in [-0.4, -0.2) is 86.2 Å². The standard InChI is InChI=1S/C18H33N3O2/c1-19(2)12-17(22)21-10-8-18(9-11-21)7-6-16(20(18)3)14-23-13-15-4-5-15/h15-16H,4-14H2,1-3H3/t16-/m0/s1. The minimum absolute atomic E-state index is 0.273. The second-order valence-electron chi connectivity index (χ2n) is 8.13. The van der Waals surface area contributed by atoms with Crippen molar-refractivity contribution in [2.24, 2.45) is 5.92 Å². The number of likely N-dealkylation sites (tertiary alicyclic amines) is 2. The fraction of sp³-hybridized carbons (Fsp3) is 0.944. The summed E-state index contributed by atoms with van der Waals surface area (Å²) in [5, 5.41) is 0. The topological polar surface area (TPSA) is 36.0 Å².